The maximum absolute atomic E-state index is 6.02. The van der Waals surface area contributed by atoms with Gasteiger partial charge in [0.2, 0.25) is 0 Å². The number of halogens is 1. The molecule has 74 valence electrons. The number of hydrogen-bond donors (Lipinski definition) is 1. The molecule has 1 heterocycles. The molecule has 0 amide bonds. The molecule has 1 aromatic rings. The summed E-state index contributed by atoms with van der Waals surface area (Å²) in [6.07, 6.45) is 0. The Morgan fingerprint density at radius 3 is 2.92 bits per heavy atom. The Balaban J connectivity index is 2.69. The lowest BCUT2D eigenvalue weighted by Gasteiger charge is -2.15. The van der Waals surface area contributed by atoms with Gasteiger partial charge in [-0.05, 0) is 18.0 Å². The summed E-state index contributed by atoms with van der Waals surface area (Å²) < 4.78 is 5.12. The fourth-order valence-corrected chi connectivity index (χ4v) is 2.44. The zero-order valence-electron chi connectivity index (χ0n) is 7.84. The molecule has 1 N–H and O–H groups in total. The highest BCUT2D eigenvalue weighted by atomic mass is 35.5. The van der Waals surface area contributed by atoms with Crippen molar-refractivity contribution >= 4 is 22.9 Å². The Kier molecular flexibility index (Phi) is 4.73. The average molecular weight is 220 g/mol. The van der Waals surface area contributed by atoms with Crippen molar-refractivity contribution in [3.05, 3.63) is 21.3 Å². The van der Waals surface area contributed by atoms with Crippen molar-refractivity contribution in [3.8, 4) is 0 Å². The smallest absolute Gasteiger partial charge is 0.0667 e. The van der Waals surface area contributed by atoms with Crippen molar-refractivity contribution in [1.29, 1.82) is 0 Å². The zero-order chi connectivity index (χ0) is 9.68. The molecular weight excluding hydrogens is 206 g/mol. The van der Waals surface area contributed by atoms with Crippen LogP contribution in [0.3, 0.4) is 0 Å². The Bertz CT molecular complexity index is 246. The van der Waals surface area contributed by atoms with Crippen LogP contribution in [0.5, 0.6) is 0 Å². The number of thiophene rings is 1. The molecule has 1 aromatic heterocycles. The average Bonchev–Trinajstić information content (AvgIpc) is 2.51. The quantitative estimate of drug-likeness (QED) is 0.822. The van der Waals surface area contributed by atoms with E-state index >= 15 is 0 Å². The van der Waals surface area contributed by atoms with Crippen molar-refractivity contribution in [2.75, 3.05) is 20.3 Å². The van der Waals surface area contributed by atoms with Gasteiger partial charge >= 0.3 is 0 Å². The highest BCUT2D eigenvalue weighted by molar-refractivity contribution is 7.10. The van der Waals surface area contributed by atoms with Crippen LogP contribution in [0.2, 0.25) is 5.02 Å². The first-order valence-electron chi connectivity index (χ1n) is 4.24. The number of likely N-dealkylation sites (N-methyl/N-ethyl adjacent to an activating group) is 1. The molecular formula is C9H14ClNOS. The molecule has 0 aliphatic heterocycles. The summed E-state index contributed by atoms with van der Waals surface area (Å²) in [6.45, 7) is 3.65. The number of methoxy groups -OCH3 is 1. The second-order valence-electron chi connectivity index (χ2n) is 2.70. The normalized spacial score (nSPS) is 13.2. The van der Waals surface area contributed by atoms with Gasteiger partial charge < -0.3 is 10.1 Å². The van der Waals surface area contributed by atoms with Gasteiger partial charge in [0, 0.05) is 12.0 Å². The van der Waals surface area contributed by atoms with Crippen molar-refractivity contribution in [2.24, 2.45) is 0 Å². The molecule has 0 bridgehead atoms. The lowest BCUT2D eigenvalue weighted by Crippen LogP contribution is -2.24. The van der Waals surface area contributed by atoms with E-state index in [0.717, 1.165) is 16.4 Å². The van der Waals surface area contributed by atoms with Gasteiger partial charge in [0.1, 0.15) is 0 Å². The minimum atomic E-state index is 0.225. The second-order valence-corrected chi connectivity index (χ2v) is 4.05. The third kappa shape index (κ3) is 2.95. The van der Waals surface area contributed by atoms with E-state index in [2.05, 4.69) is 12.2 Å². The molecule has 0 radical (unpaired) electrons. The van der Waals surface area contributed by atoms with Crippen LogP contribution in [0.1, 0.15) is 17.8 Å². The van der Waals surface area contributed by atoms with Gasteiger partial charge in [0.05, 0.1) is 17.7 Å². The summed E-state index contributed by atoms with van der Waals surface area (Å²) in [5.74, 6) is 0. The minimum Gasteiger partial charge on any atom is -0.383 e. The van der Waals surface area contributed by atoms with Gasteiger partial charge in [-0.1, -0.05) is 18.5 Å². The van der Waals surface area contributed by atoms with E-state index in [1.54, 1.807) is 18.4 Å². The molecule has 1 atom stereocenters. The van der Waals surface area contributed by atoms with E-state index in [9.17, 15) is 0 Å². The van der Waals surface area contributed by atoms with E-state index in [1.165, 1.54) is 0 Å². The largest absolute Gasteiger partial charge is 0.383 e. The molecule has 0 saturated carbocycles. The van der Waals surface area contributed by atoms with Gasteiger partial charge in [0.25, 0.3) is 0 Å². The monoisotopic (exact) mass is 219 g/mol. The fraction of sp³-hybridized carbons (Fsp3) is 0.556. The Hall–Kier alpha value is -0.0900. The lowest BCUT2D eigenvalue weighted by atomic mass is 10.2. The number of rotatable bonds is 5. The summed E-state index contributed by atoms with van der Waals surface area (Å²) in [5.41, 5.74) is 0. The maximum Gasteiger partial charge on any atom is 0.0667 e. The second kappa shape index (κ2) is 5.60. The van der Waals surface area contributed by atoms with E-state index in [1.807, 2.05) is 11.4 Å². The summed E-state index contributed by atoms with van der Waals surface area (Å²) in [4.78, 5) is 1.16. The third-order valence-electron chi connectivity index (χ3n) is 1.75. The summed E-state index contributed by atoms with van der Waals surface area (Å²) >= 11 is 7.68. The first kappa shape index (κ1) is 11.0. The Morgan fingerprint density at radius 2 is 2.46 bits per heavy atom. The van der Waals surface area contributed by atoms with Crippen LogP contribution in [0.4, 0.5) is 0 Å². The van der Waals surface area contributed by atoms with Crippen LogP contribution < -0.4 is 5.32 Å². The standard InChI is InChI=1S/C9H14ClNOS/c1-3-11-8(6-12-2)9-7(10)4-5-13-9/h4-5,8,11H,3,6H2,1-2H3. The highest BCUT2D eigenvalue weighted by Gasteiger charge is 2.14. The number of nitrogens with one attached hydrogen (secondary N) is 1. The van der Waals surface area contributed by atoms with Crippen molar-refractivity contribution in [1.82, 2.24) is 5.32 Å². The van der Waals surface area contributed by atoms with Crippen LogP contribution in [-0.4, -0.2) is 20.3 Å². The van der Waals surface area contributed by atoms with E-state index < -0.39 is 0 Å². The van der Waals surface area contributed by atoms with Crippen LogP contribution in [0.25, 0.3) is 0 Å². The van der Waals surface area contributed by atoms with Crippen LogP contribution in [0, 0.1) is 0 Å². The molecule has 4 heteroatoms. The minimum absolute atomic E-state index is 0.225. The van der Waals surface area contributed by atoms with Gasteiger partial charge in [-0.15, -0.1) is 11.3 Å². The summed E-state index contributed by atoms with van der Waals surface area (Å²) in [5, 5.41) is 6.15. The predicted molar refractivity (Wildman–Crippen MR) is 57.6 cm³/mol. The van der Waals surface area contributed by atoms with Gasteiger partial charge in [0.15, 0.2) is 0 Å². The van der Waals surface area contributed by atoms with Crippen LogP contribution in [0.15, 0.2) is 11.4 Å². The molecule has 0 aliphatic carbocycles. The van der Waals surface area contributed by atoms with E-state index in [-0.39, 0.29) is 6.04 Å². The van der Waals surface area contributed by atoms with Crippen molar-refractivity contribution in [3.63, 3.8) is 0 Å². The number of hydrogen-bond acceptors (Lipinski definition) is 3. The zero-order valence-corrected chi connectivity index (χ0v) is 9.41. The lowest BCUT2D eigenvalue weighted by molar-refractivity contribution is 0.169. The Morgan fingerprint density at radius 1 is 1.69 bits per heavy atom. The molecule has 2 nitrogen and oxygen atoms in total. The third-order valence-corrected chi connectivity index (χ3v) is 3.22. The molecule has 1 rings (SSSR count). The first-order chi connectivity index (χ1) is 6.29. The summed E-state index contributed by atoms with van der Waals surface area (Å²) in [7, 11) is 1.70. The van der Waals surface area contributed by atoms with Crippen molar-refractivity contribution in [2.45, 2.75) is 13.0 Å². The highest BCUT2D eigenvalue weighted by Crippen LogP contribution is 2.28. The first-order valence-corrected chi connectivity index (χ1v) is 5.50. The van der Waals surface area contributed by atoms with E-state index in [0.29, 0.717) is 6.61 Å². The molecule has 0 aliphatic rings. The SMILES string of the molecule is CCNC(COC)c1sccc1Cl. The summed E-state index contributed by atoms with van der Waals surface area (Å²) in [6, 6.07) is 2.14. The molecule has 1 unspecified atom stereocenters. The fourth-order valence-electron chi connectivity index (χ4n) is 1.19. The van der Waals surface area contributed by atoms with Gasteiger partial charge in [-0.2, -0.15) is 0 Å². The maximum atomic E-state index is 6.02. The van der Waals surface area contributed by atoms with E-state index in [4.69, 9.17) is 16.3 Å². The molecule has 0 aromatic carbocycles. The topological polar surface area (TPSA) is 21.3 Å². The van der Waals surface area contributed by atoms with Gasteiger partial charge in [-0.25, -0.2) is 0 Å². The predicted octanol–water partition coefficient (Wildman–Crippen LogP) is 2.70. The van der Waals surface area contributed by atoms with Crippen LogP contribution >= 0.6 is 22.9 Å². The molecule has 0 fully saturated rings. The molecule has 0 saturated heterocycles. The molecule has 13 heavy (non-hydrogen) atoms. The van der Waals surface area contributed by atoms with Crippen LogP contribution in [-0.2, 0) is 4.74 Å². The molecule has 0 spiro atoms. The van der Waals surface area contributed by atoms with Crippen molar-refractivity contribution < 1.29 is 4.74 Å². The number of ether oxygens (including phenoxy) is 1. The van der Waals surface area contributed by atoms with Gasteiger partial charge in [-0.3, -0.25) is 0 Å². The Labute approximate surface area is 87.9 Å².